The van der Waals surface area contributed by atoms with Crippen LogP contribution in [-0.4, -0.2) is 71.6 Å². The third-order valence-electron chi connectivity index (χ3n) is 5.08. The van der Waals surface area contributed by atoms with Gasteiger partial charge in [0.25, 0.3) is 0 Å². The Balaban J connectivity index is 1.74. The molecule has 0 amide bonds. The van der Waals surface area contributed by atoms with Crippen LogP contribution in [0.1, 0.15) is 26.3 Å². The van der Waals surface area contributed by atoms with Crippen LogP contribution < -0.4 is 9.47 Å². The molecule has 0 bridgehead atoms. The number of rotatable bonds is 8. The van der Waals surface area contributed by atoms with Gasteiger partial charge in [0.2, 0.25) is 10.0 Å². The third-order valence-corrected chi connectivity index (χ3v) is 6.97. The van der Waals surface area contributed by atoms with E-state index in [1.54, 1.807) is 19.1 Å². The highest BCUT2D eigenvalue weighted by molar-refractivity contribution is 7.89. The number of ether oxygens (including phenoxy) is 4. The van der Waals surface area contributed by atoms with E-state index in [0.717, 1.165) is 0 Å². The fraction of sp³-hybridized carbons (Fsp3) is 0.364. The van der Waals surface area contributed by atoms with Gasteiger partial charge in [-0.2, -0.15) is 4.31 Å². The lowest BCUT2D eigenvalue weighted by Crippen LogP contribution is -2.40. The van der Waals surface area contributed by atoms with Gasteiger partial charge in [-0.05, 0) is 42.8 Å². The van der Waals surface area contributed by atoms with Crippen LogP contribution in [0.2, 0.25) is 0 Å². The molecule has 9 nitrogen and oxygen atoms in total. The lowest BCUT2D eigenvalue weighted by atomic mass is 10.1. The molecular weight excluding hydrogens is 438 g/mol. The van der Waals surface area contributed by atoms with Crippen LogP contribution in [-0.2, 0) is 19.5 Å². The Morgan fingerprint density at radius 1 is 1.00 bits per heavy atom. The molecular formula is C22H25NO8S. The molecule has 1 aliphatic heterocycles. The molecule has 0 aliphatic carbocycles. The minimum atomic E-state index is -3.77. The topological polar surface area (TPSA) is 108 Å². The Morgan fingerprint density at radius 2 is 1.69 bits per heavy atom. The smallest absolute Gasteiger partial charge is 0.338 e. The monoisotopic (exact) mass is 463 g/mol. The molecule has 0 N–H and O–H groups in total. The Labute approximate surface area is 186 Å². The molecule has 1 fully saturated rings. The van der Waals surface area contributed by atoms with Gasteiger partial charge in [0.05, 0.1) is 37.9 Å². The van der Waals surface area contributed by atoms with Crippen molar-refractivity contribution in [3.8, 4) is 11.5 Å². The van der Waals surface area contributed by atoms with Crippen LogP contribution in [0.5, 0.6) is 11.5 Å². The highest BCUT2D eigenvalue weighted by atomic mass is 32.2. The molecule has 2 aromatic rings. The van der Waals surface area contributed by atoms with Gasteiger partial charge in [0.1, 0.15) is 0 Å². The van der Waals surface area contributed by atoms with Gasteiger partial charge in [0, 0.05) is 18.7 Å². The fourth-order valence-corrected chi connectivity index (χ4v) is 4.65. The number of Topliss-reactive ketones (excluding diaryl/α,β-unsaturated/α-hetero) is 1. The molecule has 2 aromatic carbocycles. The third kappa shape index (κ3) is 5.09. The van der Waals surface area contributed by atoms with E-state index in [2.05, 4.69) is 0 Å². The average molecular weight is 464 g/mol. The second-order valence-corrected chi connectivity index (χ2v) is 9.00. The first-order chi connectivity index (χ1) is 15.3. The van der Waals surface area contributed by atoms with Gasteiger partial charge in [-0.3, -0.25) is 4.79 Å². The summed E-state index contributed by atoms with van der Waals surface area (Å²) < 4.78 is 47.8. The number of hydrogen-bond acceptors (Lipinski definition) is 8. The number of hydrogen-bond donors (Lipinski definition) is 0. The van der Waals surface area contributed by atoms with Crippen molar-refractivity contribution in [3.05, 3.63) is 53.1 Å². The number of carbonyl (C=O) groups excluding carboxylic acids is 2. The van der Waals surface area contributed by atoms with Gasteiger partial charge < -0.3 is 18.9 Å². The van der Waals surface area contributed by atoms with Crippen molar-refractivity contribution < 1.29 is 37.0 Å². The highest BCUT2D eigenvalue weighted by Gasteiger charge is 2.27. The second kappa shape index (κ2) is 10.1. The van der Waals surface area contributed by atoms with E-state index < -0.39 is 28.4 Å². The average Bonchev–Trinajstić information content (AvgIpc) is 2.82. The summed E-state index contributed by atoms with van der Waals surface area (Å²) in [7, 11) is -0.836. The van der Waals surface area contributed by atoms with Crippen molar-refractivity contribution in [2.45, 2.75) is 11.8 Å². The first kappa shape index (κ1) is 23.7. The summed E-state index contributed by atoms with van der Waals surface area (Å²) in [6, 6.07) is 8.89. The van der Waals surface area contributed by atoms with Crippen molar-refractivity contribution in [3.63, 3.8) is 0 Å². The lowest BCUT2D eigenvalue weighted by molar-refractivity contribution is 0.0473. The van der Waals surface area contributed by atoms with Gasteiger partial charge in [-0.25, -0.2) is 13.2 Å². The van der Waals surface area contributed by atoms with Crippen LogP contribution in [0.25, 0.3) is 0 Å². The van der Waals surface area contributed by atoms with E-state index in [4.69, 9.17) is 18.9 Å². The maximum Gasteiger partial charge on any atom is 0.338 e. The summed E-state index contributed by atoms with van der Waals surface area (Å²) in [6.07, 6.45) is 0. The number of ketones is 1. The first-order valence-electron chi connectivity index (χ1n) is 9.89. The molecule has 3 rings (SSSR count). The number of aryl methyl sites for hydroxylation is 1. The minimum Gasteiger partial charge on any atom is -0.493 e. The maximum absolute atomic E-state index is 12.9. The molecule has 0 atom stereocenters. The predicted molar refractivity (Wildman–Crippen MR) is 115 cm³/mol. The molecule has 1 heterocycles. The fourth-order valence-electron chi connectivity index (χ4n) is 3.22. The summed E-state index contributed by atoms with van der Waals surface area (Å²) >= 11 is 0. The van der Waals surface area contributed by atoms with Crippen LogP contribution in [0.15, 0.2) is 41.3 Å². The Hall–Kier alpha value is -2.95. The lowest BCUT2D eigenvalue weighted by Gasteiger charge is -2.26. The zero-order valence-electron chi connectivity index (χ0n) is 18.1. The molecule has 1 saturated heterocycles. The maximum atomic E-state index is 12.9. The van der Waals surface area contributed by atoms with Crippen LogP contribution in [0.3, 0.4) is 0 Å². The van der Waals surface area contributed by atoms with Gasteiger partial charge >= 0.3 is 5.97 Å². The van der Waals surface area contributed by atoms with Crippen molar-refractivity contribution in [2.24, 2.45) is 0 Å². The molecule has 0 spiro atoms. The highest BCUT2D eigenvalue weighted by Crippen LogP contribution is 2.28. The number of nitrogens with zero attached hydrogens (tertiary/aromatic N) is 1. The van der Waals surface area contributed by atoms with Gasteiger partial charge in [0.15, 0.2) is 23.9 Å². The van der Waals surface area contributed by atoms with Crippen molar-refractivity contribution in [2.75, 3.05) is 47.1 Å². The molecule has 10 heteroatoms. The van der Waals surface area contributed by atoms with E-state index in [9.17, 15) is 18.0 Å². The number of benzene rings is 2. The number of sulfonamides is 1. The Bertz CT molecular complexity index is 1110. The number of morpholine rings is 1. The molecule has 1 aliphatic rings. The molecule has 0 aromatic heterocycles. The molecule has 172 valence electrons. The first-order valence-corrected chi connectivity index (χ1v) is 11.3. The molecule has 0 radical (unpaired) electrons. The second-order valence-electron chi connectivity index (χ2n) is 7.06. The van der Waals surface area contributed by atoms with Crippen molar-refractivity contribution in [1.29, 1.82) is 0 Å². The predicted octanol–water partition coefficient (Wildman–Crippen LogP) is 2.07. The van der Waals surface area contributed by atoms with Crippen molar-refractivity contribution in [1.82, 2.24) is 4.31 Å². The minimum absolute atomic E-state index is 0.0110. The molecule has 0 saturated carbocycles. The van der Waals surface area contributed by atoms with Crippen molar-refractivity contribution >= 4 is 21.8 Å². The van der Waals surface area contributed by atoms with Crippen LogP contribution in [0, 0.1) is 6.92 Å². The quantitative estimate of drug-likeness (QED) is 0.432. The van der Waals surface area contributed by atoms with E-state index in [1.165, 1.54) is 42.8 Å². The summed E-state index contributed by atoms with van der Waals surface area (Å²) in [5.41, 5.74) is 0.907. The summed E-state index contributed by atoms with van der Waals surface area (Å²) in [5, 5.41) is 0. The van der Waals surface area contributed by atoms with E-state index >= 15 is 0 Å². The molecule has 0 unspecified atom stereocenters. The van der Waals surface area contributed by atoms with E-state index in [1.807, 2.05) is 0 Å². The van der Waals surface area contributed by atoms with Crippen LogP contribution >= 0.6 is 0 Å². The summed E-state index contributed by atoms with van der Waals surface area (Å²) in [6.45, 7) is 2.29. The number of methoxy groups -OCH3 is 2. The van der Waals surface area contributed by atoms with E-state index in [-0.39, 0.29) is 29.1 Å². The molecule has 32 heavy (non-hydrogen) atoms. The number of esters is 1. The Morgan fingerprint density at radius 3 is 2.34 bits per heavy atom. The standard InChI is InChI=1S/C22H25NO8S/c1-15-4-6-17(32(26,27)23-8-10-30-11-9-23)13-18(15)22(25)31-14-19(24)16-5-7-20(28-2)21(12-16)29-3/h4-7,12-13H,8-11,14H2,1-3H3. The number of carbonyl (C=O) groups is 2. The van der Waals surface area contributed by atoms with E-state index in [0.29, 0.717) is 30.3 Å². The largest absolute Gasteiger partial charge is 0.493 e. The Kier molecular flexibility index (Phi) is 7.49. The van der Waals surface area contributed by atoms with Gasteiger partial charge in [-0.1, -0.05) is 6.07 Å². The van der Waals surface area contributed by atoms with Crippen LogP contribution in [0.4, 0.5) is 0 Å². The zero-order valence-corrected chi connectivity index (χ0v) is 18.9. The normalized spacial score (nSPS) is 14.6. The van der Waals surface area contributed by atoms with Gasteiger partial charge in [-0.15, -0.1) is 0 Å². The zero-order chi connectivity index (χ0) is 23.3. The summed E-state index contributed by atoms with van der Waals surface area (Å²) in [4.78, 5) is 25.1. The SMILES string of the molecule is COc1ccc(C(=O)COC(=O)c2cc(S(=O)(=O)N3CCOCC3)ccc2C)cc1OC. The summed E-state index contributed by atoms with van der Waals surface area (Å²) in [5.74, 6) is -0.374.